The number of carboxylic acid groups (broad SMARTS) is 1. The molecule has 0 aliphatic carbocycles. The fourth-order valence-electron chi connectivity index (χ4n) is 3.31. The number of aryl methyl sites for hydroxylation is 1. The monoisotopic (exact) mass is 349 g/mol. The summed E-state index contributed by atoms with van der Waals surface area (Å²) in [4.78, 5) is 12.8. The van der Waals surface area contributed by atoms with Gasteiger partial charge in [0.05, 0.1) is 7.11 Å². The van der Waals surface area contributed by atoms with Gasteiger partial charge in [0.25, 0.3) is 0 Å². The summed E-state index contributed by atoms with van der Waals surface area (Å²) in [6.07, 6.45) is 0. The van der Waals surface area contributed by atoms with Crippen molar-refractivity contribution in [2.45, 2.75) is 6.92 Å². The third kappa shape index (κ3) is 2.37. The first-order valence-electron chi connectivity index (χ1n) is 7.96. The highest BCUT2D eigenvalue weighted by Crippen LogP contribution is 2.50. The zero-order chi connectivity index (χ0) is 17.6. The molecule has 0 bridgehead atoms. The van der Waals surface area contributed by atoms with Crippen molar-refractivity contribution >= 4 is 36.6 Å². The Hall–Kier alpha value is -2.85. The van der Waals surface area contributed by atoms with Crippen molar-refractivity contribution in [2.24, 2.45) is 0 Å². The van der Waals surface area contributed by atoms with Crippen LogP contribution < -0.4 is 4.74 Å². The molecule has 0 saturated carbocycles. The van der Waals surface area contributed by atoms with Crippen molar-refractivity contribution in [1.29, 1.82) is 0 Å². The SMILES string of the molecule is COc1cc(C(=O)O)c(-[s+]2c3ccccc3c3ccccc32)cc1C. The molecule has 3 nitrogen and oxygen atoms in total. The van der Waals surface area contributed by atoms with Gasteiger partial charge >= 0.3 is 5.97 Å². The standard InChI is InChI=1S/C21H16O3S/c1-13-11-20(16(21(22)23)12-17(13)24-2)25-18-9-5-3-7-14(18)15-8-4-6-10-19(15)25/h3-12H,1-2H3/p+1. The van der Waals surface area contributed by atoms with Gasteiger partial charge in [-0.25, -0.2) is 4.79 Å². The number of hydrogen-bond acceptors (Lipinski definition) is 2. The van der Waals surface area contributed by atoms with E-state index < -0.39 is 16.4 Å². The molecule has 0 saturated heterocycles. The Labute approximate surface area is 148 Å². The van der Waals surface area contributed by atoms with Crippen LogP contribution in [0.5, 0.6) is 5.75 Å². The molecule has 0 spiro atoms. The first-order valence-corrected chi connectivity index (χ1v) is 9.19. The van der Waals surface area contributed by atoms with Gasteiger partial charge in [-0.2, -0.15) is 0 Å². The van der Waals surface area contributed by atoms with Crippen molar-refractivity contribution < 1.29 is 14.6 Å². The molecule has 4 heteroatoms. The second kappa shape index (κ2) is 5.90. The maximum atomic E-state index is 11.9. The number of hydrogen-bond donors (Lipinski definition) is 1. The lowest BCUT2D eigenvalue weighted by Gasteiger charge is -2.07. The second-order valence-electron chi connectivity index (χ2n) is 5.92. The van der Waals surface area contributed by atoms with Crippen molar-refractivity contribution in [3.63, 3.8) is 0 Å². The Balaban J connectivity index is 2.18. The maximum absolute atomic E-state index is 11.9. The van der Waals surface area contributed by atoms with E-state index in [0.29, 0.717) is 11.3 Å². The Morgan fingerprint density at radius 1 is 0.960 bits per heavy atom. The average Bonchev–Trinajstić information content (AvgIpc) is 2.95. The van der Waals surface area contributed by atoms with Crippen LogP contribution in [0.1, 0.15) is 15.9 Å². The molecule has 0 radical (unpaired) electrons. The third-order valence-corrected chi connectivity index (χ3v) is 6.82. The number of methoxy groups -OCH3 is 1. The topological polar surface area (TPSA) is 46.5 Å². The summed E-state index contributed by atoms with van der Waals surface area (Å²) in [5.41, 5.74) is 1.24. The Bertz CT molecular complexity index is 1070. The van der Waals surface area contributed by atoms with Gasteiger partial charge in [0.1, 0.15) is 11.3 Å². The molecular weight excluding hydrogens is 332 g/mol. The molecule has 0 amide bonds. The van der Waals surface area contributed by atoms with Crippen molar-refractivity contribution in [3.8, 4) is 10.6 Å². The van der Waals surface area contributed by atoms with E-state index >= 15 is 0 Å². The van der Waals surface area contributed by atoms with Crippen LogP contribution in [0.15, 0.2) is 60.7 Å². The van der Waals surface area contributed by atoms with Crippen molar-refractivity contribution in [1.82, 2.24) is 0 Å². The normalized spacial score (nSPS) is 11.1. The molecule has 0 unspecified atom stereocenters. The molecule has 0 fully saturated rings. The molecule has 1 heterocycles. The van der Waals surface area contributed by atoms with Crippen molar-refractivity contribution in [2.75, 3.05) is 7.11 Å². The summed E-state index contributed by atoms with van der Waals surface area (Å²) in [5.74, 6) is -0.326. The lowest BCUT2D eigenvalue weighted by atomic mass is 10.1. The van der Waals surface area contributed by atoms with E-state index in [1.165, 1.54) is 20.2 Å². The van der Waals surface area contributed by atoms with Crippen LogP contribution in [0.25, 0.3) is 25.1 Å². The largest absolute Gasteiger partial charge is 0.496 e. The molecule has 4 rings (SSSR count). The van der Waals surface area contributed by atoms with E-state index in [1.807, 2.05) is 37.3 Å². The van der Waals surface area contributed by atoms with E-state index in [2.05, 4.69) is 24.3 Å². The molecular formula is C21H17O3S+. The zero-order valence-electron chi connectivity index (χ0n) is 13.9. The van der Waals surface area contributed by atoms with Crippen LogP contribution in [-0.2, 0) is 0 Å². The number of carbonyl (C=O) groups is 1. The number of fused-ring (bicyclic) bond motifs is 3. The maximum Gasteiger partial charge on any atom is 0.341 e. The molecule has 1 aromatic heterocycles. The van der Waals surface area contributed by atoms with Gasteiger partial charge in [-0.05, 0) is 36.8 Å². The van der Waals surface area contributed by atoms with Gasteiger partial charge < -0.3 is 9.84 Å². The number of aromatic carboxylic acids is 1. The van der Waals surface area contributed by atoms with Gasteiger partial charge in [-0.3, -0.25) is 0 Å². The molecule has 124 valence electrons. The fourth-order valence-corrected chi connectivity index (χ4v) is 5.90. The predicted octanol–water partition coefficient (Wildman–Crippen LogP) is 5.75. The summed E-state index contributed by atoms with van der Waals surface area (Å²) in [6.45, 7) is 1.95. The molecule has 0 atom stereocenters. The number of thiophene rings is 1. The summed E-state index contributed by atoms with van der Waals surface area (Å²) in [6, 6.07) is 20.1. The quantitative estimate of drug-likeness (QED) is 0.479. The highest BCUT2D eigenvalue weighted by molar-refractivity contribution is 7.50. The summed E-state index contributed by atoms with van der Waals surface area (Å²) < 4.78 is 7.69. The molecule has 3 aromatic carbocycles. The fraction of sp³-hybridized carbons (Fsp3) is 0.0952. The smallest absolute Gasteiger partial charge is 0.341 e. The third-order valence-electron chi connectivity index (χ3n) is 4.45. The summed E-state index contributed by atoms with van der Waals surface area (Å²) in [7, 11) is 1.14. The zero-order valence-corrected chi connectivity index (χ0v) is 14.8. The van der Waals surface area contributed by atoms with E-state index in [-0.39, 0.29) is 0 Å². The van der Waals surface area contributed by atoms with Gasteiger partial charge in [0.2, 0.25) is 0 Å². The summed E-state index contributed by atoms with van der Waals surface area (Å²) in [5, 5.41) is 12.2. The predicted molar refractivity (Wildman–Crippen MR) is 104 cm³/mol. The minimum atomic E-state index is -0.928. The van der Waals surface area contributed by atoms with Gasteiger partial charge in [-0.15, -0.1) is 0 Å². The highest BCUT2D eigenvalue weighted by atomic mass is 32.2. The molecule has 25 heavy (non-hydrogen) atoms. The number of rotatable bonds is 3. The van der Waals surface area contributed by atoms with Crippen LogP contribution in [-0.4, -0.2) is 18.2 Å². The van der Waals surface area contributed by atoms with Crippen molar-refractivity contribution in [3.05, 3.63) is 71.8 Å². The first-order chi connectivity index (χ1) is 12.1. The van der Waals surface area contributed by atoms with E-state index in [1.54, 1.807) is 13.2 Å². The minimum absolute atomic E-state index is 0.303. The number of carboxylic acids is 1. The Morgan fingerprint density at radius 2 is 1.52 bits per heavy atom. The molecule has 0 aliphatic heterocycles. The van der Waals surface area contributed by atoms with Gasteiger partial charge in [0, 0.05) is 33.4 Å². The van der Waals surface area contributed by atoms with Crippen LogP contribution >= 0.6 is 10.5 Å². The minimum Gasteiger partial charge on any atom is -0.496 e. The Morgan fingerprint density at radius 3 is 2.04 bits per heavy atom. The van der Waals surface area contributed by atoms with E-state index in [0.717, 1.165) is 10.5 Å². The van der Waals surface area contributed by atoms with Crippen LogP contribution in [0.3, 0.4) is 0 Å². The second-order valence-corrected chi connectivity index (χ2v) is 7.85. The number of ether oxygens (including phenoxy) is 1. The van der Waals surface area contributed by atoms with Gasteiger partial charge in [0.15, 0.2) is 14.3 Å². The lowest BCUT2D eigenvalue weighted by Crippen LogP contribution is -2.00. The van der Waals surface area contributed by atoms with Crippen LogP contribution in [0, 0.1) is 6.92 Å². The van der Waals surface area contributed by atoms with Crippen LogP contribution in [0.2, 0.25) is 0 Å². The van der Waals surface area contributed by atoms with Gasteiger partial charge in [-0.1, -0.05) is 24.3 Å². The first kappa shape index (κ1) is 15.7. The summed E-state index contributed by atoms with van der Waals surface area (Å²) >= 11 is 0. The molecule has 0 aliphatic rings. The molecule has 1 N–H and O–H groups in total. The number of benzene rings is 3. The highest BCUT2D eigenvalue weighted by Gasteiger charge is 2.29. The van der Waals surface area contributed by atoms with E-state index in [9.17, 15) is 9.90 Å². The molecule has 4 aromatic rings. The van der Waals surface area contributed by atoms with E-state index in [4.69, 9.17) is 4.74 Å². The Kier molecular flexibility index (Phi) is 3.70. The van der Waals surface area contributed by atoms with Crippen LogP contribution in [0.4, 0.5) is 0 Å². The lowest BCUT2D eigenvalue weighted by molar-refractivity contribution is 0.0697. The average molecular weight is 349 g/mol.